The van der Waals surface area contributed by atoms with Crippen molar-refractivity contribution in [2.45, 2.75) is 27.2 Å². The molecule has 1 aromatic carbocycles. The number of carbonyl (C=O) groups is 2. The van der Waals surface area contributed by atoms with Crippen LogP contribution < -0.4 is 5.32 Å². The molecule has 0 aliphatic carbocycles. The number of carbonyl (C=O) groups excluding carboxylic acids is 1. The lowest BCUT2D eigenvalue weighted by molar-refractivity contribution is -0.153. The van der Waals surface area contributed by atoms with Crippen LogP contribution in [0.1, 0.15) is 27.2 Å². The van der Waals surface area contributed by atoms with Crippen LogP contribution >= 0.6 is 0 Å². The molecule has 0 fully saturated rings. The van der Waals surface area contributed by atoms with Crippen LogP contribution in [0.5, 0.6) is 0 Å². The van der Waals surface area contributed by atoms with E-state index >= 15 is 0 Å². The second kappa shape index (κ2) is 5.98. The highest BCUT2D eigenvalue weighted by molar-refractivity contribution is 5.94. The Labute approximate surface area is 115 Å². The topological polar surface area (TPSA) is 66.4 Å². The van der Waals surface area contributed by atoms with Gasteiger partial charge in [-0.2, -0.15) is 0 Å². The maximum Gasteiger partial charge on any atom is 0.310 e. The lowest BCUT2D eigenvalue weighted by Crippen LogP contribution is -2.37. The van der Waals surface area contributed by atoms with Crippen LogP contribution in [0.25, 0.3) is 0 Å². The summed E-state index contributed by atoms with van der Waals surface area (Å²) in [4.78, 5) is 23.1. The fourth-order valence-electron chi connectivity index (χ4n) is 1.66. The van der Waals surface area contributed by atoms with E-state index in [0.717, 1.165) is 12.1 Å². The largest absolute Gasteiger partial charge is 0.481 e. The average molecular weight is 285 g/mol. The van der Waals surface area contributed by atoms with Gasteiger partial charge in [-0.25, -0.2) is 8.78 Å². The van der Waals surface area contributed by atoms with Crippen molar-refractivity contribution in [1.82, 2.24) is 0 Å². The van der Waals surface area contributed by atoms with Crippen LogP contribution in [0.15, 0.2) is 18.2 Å². The van der Waals surface area contributed by atoms with Crippen LogP contribution in [-0.4, -0.2) is 17.0 Å². The van der Waals surface area contributed by atoms with Crippen molar-refractivity contribution in [3.05, 3.63) is 29.8 Å². The van der Waals surface area contributed by atoms with Gasteiger partial charge in [-0.05, 0) is 25.0 Å². The minimum atomic E-state index is -1.30. The van der Waals surface area contributed by atoms with Gasteiger partial charge in [0, 0.05) is 6.42 Å². The number of amides is 1. The molecule has 1 aromatic rings. The van der Waals surface area contributed by atoms with E-state index in [4.69, 9.17) is 0 Å². The van der Waals surface area contributed by atoms with Crippen LogP contribution in [0.2, 0.25) is 0 Å². The first kappa shape index (κ1) is 16.1. The van der Waals surface area contributed by atoms with Gasteiger partial charge in [-0.1, -0.05) is 19.9 Å². The maximum atomic E-state index is 13.4. The fourth-order valence-corrected chi connectivity index (χ4v) is 1.66. The Hall–Kier alpha value is -1.98. The molecule has 110 valence electrons. The van der Waals surface area contributed by atoms with E-state index in [1.165, 1.54) is 13.0 Å². The third-order valence-electron chi connectivity index (χ3n) is 3.52. The third-order valence-corrected chi connectivity index (χ3v) is 3.52. The molecule has 0 saturated heterocycles. The van der Waals surface area contributed by atoms with Crippen LogP contribution in [0, 0.1) is 23.0 Å². The van der Waals surface area contributed by atoms with E-state index in [-0.39, 0.29) is 12.3 Å². The van der Waals surface area contributed by atoms with Gasteiger partial charge in [0.05, 0.1) is 5.41 Å². The minimum absolute atomic E-state index is 0.309. The smallest absolute Gasteiger partial charge is 0.310 e. The molecular formula is C14H17F2NO3. The highest BCUT2D eigenvalue weighted by Crippen LogP contribution is 2.32. The molecule has 0 aliphatic rings. The minimum Gasteiger partial charge on any atom is -0.481 e. The third kappa shape index (κ3) is 3.31. The van der Waals surface area contributed by atoms with E-state index < -0.39 is 34.6 Å². The number of nitrogens with one attached hydrogen (secondary N) is 1. The van der Waals surface area contributed by atoms with E-state index in [1.807, 2.05) is 0 Å². The first-order chi connectivity index (χ1) is 9.18. The van der Waals surface area contributed by atoms with Crippen molar-refractivity contribution in [2.24, 2.45) is 11.3 Å². The second-order valence-electron chi connectivity index (χ2n) is 5.20. The Balaban J connectivity index is 2.90. The highest BCUT2D eigenvalue weighted by Gasteiger charge is 2.39. The molecule has 6 heteroatoms. The number of carboxylic acid groups (broad SMARTS) is 1. The highest BCUT2D eigenvalue weighted by atomic mass is 19.1. The number of hydrogen-bond acceptors (Lipinski definition) is 2. The van der Waals surface area contributed by atoms with Gasteiger partial charge in [0.15, 0.2) is 0 Å². The van der Waals surface area contributed by atoms with Gasteiger partial charge in [-0.3, -0.25) is 9.59 Å². The number of benzene rings is 1. The summed E-state index contributed by atoms with van der Waals surface area (Å²) < 4.78 is 26.8. The van der Waals surface area contributed by atoms with Crippen LogP contribution in [0.3, 0.4) is 0 Å². The Bertz CT molecular complexity index is 511. The molecule has 1 atom stereocenters. The molecule has 0 spiro atoms. The van der Waals surface area contributed by atoms with Gasteiger partial charge in [-0.15, -0.1) is 0 Å². The quantitative estimate of drug-likeness (QED) is 0.873. The normalized spacial score (nSPS) is 13.9. The average Bonchev–Trinajstić information content (AvgIpc) is 2.33. The number of rotatable bonds is 5. The summed E-state index contributed by atoms with van der Waals surface area (Å²) in [6, 6.07) is 3.20. The van der Waals surface area contributed by atoms with E-state index in [1.54, 1.807) is 13.8 Å². The van der Waals surface area contributed by atoms with Crippen molar-refractivity contribution in [1.29, 1.82) is 0 Å². The molecule has 1 unspecified atom stereocenters. The number of carboxylic acids is 1. The zero-order chi connectivity index (χ0) is 15.5. The van der Waals surface area contributed by atoms with Gasteiger partial charge < -0.3 is 10.4 Å². The molecule has 1 amide bonds. The SMILES string of the molecule is CC(C)C(C)(CC(=O)Nc1c(F)cccc1F)C(=O)O. The van der Waals surface area contributed by atoms with E-state index in [9.17, 15) is 23.5 Å². The molecule has 0 bridgehead atoms. The molecule has 0 radical (unpaired) electrons. The fraction of sp³-hybridized carbons (Fsp3) is 0.429. The summed E-state index contributed by atoms with van der Waals surface area (Å²) in [6.07, 6.45) is -0.367. The van der Waals surface area contributed by atoms with Crippen LogP contribution in [-0.2, 0) is 9.59 Å². The molecule has 20 heavy (non-hydrogen) atoms. The maximum absolute atomic E-state index is 13.4. The summed E-state index contributed by atoms with van der Waals surface area (Å²) in [5.41, 5.74) is -1.86. The summed E-state index contributed by atoms with van der Waals surface area (Å²) in [6.45, 7) is 4.77. The molecular weight excluding hydrogens is 268 g/mol. The van der Waals surface area contributed by atoms with Crippen molar-refractivity contribution < 1.29 is 23.5 Å². The summed E-state index contributed by atoms with van der Waals surface area (Å²) in [5.74, 6) is -3.99. The predicted molar refractivity (Wildman–Crippen MR) is 70.2 cm³/mol. The molecule has 0 aromatic heterocycles. The number of anilines is 1. The molecule has 2 N–H and O–H groups in total. The molecule has 0 saturated carbocycles. The predicted octanol–water partition coefficient (Wildman–Crippen LogP) is 3.04. The Morgan fingerprint density at radius 1 is 1.30 bits per heavy atom. The van der Waals surface area contributed by atoms with E-state index in [2.05, 4.69) is 5.32 Å². The van der Waals surface area contributed by atoms with E-state index in [0.29, 0.717) is 0 Å². The number of para-hydroxylation sites is 1. The molecule has 4 nitrogen and oxygen atoms in total. The molecule has 0 heterocycles. The lowest BCUT2D eigenvalue weighted by atomic mass is 9.76. The number of aliphatic carboxylic acids is 1. The summed E-state index contributed by atoms with van der Waals surface area (Å²) >= 11 is 0. The molecule has 0 aliphatic heterocycles. The second-order valence-corrected chi connectivity index (χ2v) is 5.20. The lowest BCUT2D eigenvalue weighted by Gasteiger charge is -2.28. The van der Waals surface area contributed by atoms with Gasteiger partial charge >= 0.3 is 5.97 Å². The van der Waals surface area contributed by atoms with Crippen molar-refractivity contribution >= 4 is 17.6 Å². The summed E-state index contributed by atoms with van der Waals surface area (Å²) in [7, 11) is 0. The first-order valence-corrected chi connectivity index (χ1v) is 6.15. The van der Waals surface area contributed by atoms with Crippen molar-refractivity contribution in [3.8, 4) is 0 Å². The van der Waals surface area contributed by atoms with Gasteiger partial charge in [0.25, 0.3) is 0 Å². The van der Waals surface area contributed by atoms with Gasteiger partial charge in [0.1, 0.15) is 17.3 Å². The number of halogens is 2. The zero-order valence-electron chi connectivity index (χ0n) is 11.5. The van der Waals surface area contributed by atoms with Gasteiger partial charge in [0.2, 0.25) is 5.91 Å². The standard InChI is InChI=1S/C14H17F2NO3/c1-8(2)14(3,13(19)20)7-11(18)17-12-9(15)5-4-6-10(12)16/h4-6,8H,7H2,1-3H3,(H,17,18)(H,19,20). The number of hydrogen-bond donors (Lipinski definition) is 2. The summed E-state index contributed by atoms with van der Waals surface area (Å²) in [5, 5.41) is 11.3. The van der Waals surface area contributed by atoms with Crippen LogP contribution in [0.4, 0.5) is 14.5 Å². The zero-order valence-corrected chi connectivity index (χ0v) is 11.5. The van der Waals surface area contributed by atoms with Crippen molar-refractivity contribution in [2.75, 3.05) is 5.32 Å². The Kier molecular flexibility index (Phi) is 4.81. The van der Waals surface area contributed by atoms with Crippen molar-refractivity contribution in [3.63, 3.8) is 0 Å². The Morgan fingerprint density at radius 2 is 1.80 bits per heavy atom. The molecule has 1 rings (SSSR count). The first-order valence-electron chi connectivity index (χ1n) is 6.15. The Morgan fingerprint density at radius 3 is 2.20 bits per heavy atom. The monoisotopic (exact) mass is 285 g/mol.